The quantitative estimate of drug-likeness (QED) is 0.617. The minimum Gasteiger partial charge on any atom is -0.378 e. The van der Waals surface area contributed by atoms with Crippen molar-refractivity contribution in [3.8, 4) is 0 Å². The van der Waals surface area contributed by atoms with Crippen LogP contribution in [-0.2, 0) is 16.0 Å². The number of aryl methyl sites for hydroxylation is 1. The molecule has 0 unspecified atom stereocenters. The van der Waals surface area contributed by atoms with Gasteiger partial charge in [-0.05, 0) is 12.1 Å². The lowest BCUT2D eigenvalue weighted by molar-refractivity contribution is -0.121. The van der Waals surface area contributed by atoms with Crippen LogP contribution >= 0.6 is 22.7 Å². The number of rotatable bonds is 5. The molecule has 3 aromatic rings. The van der Waals surface area contributed by atoms with E-state index in [0.717, 1.165) is 33.4 Å². The number of para-hydroxylation sites is 1. The van der Waals surface area contributed by atoms with Gasteiger partial charge in [-0.1, -0.05) is 12.1 Å². The van der Waals surface area contributed by atoms with Crippen molar-refractivity contribution in [1.82, 2.24) is 20.8 Å². The normalized spacial score (nSPS) is 14.2. The van der Waals surface area contributed by atoms with E-state index in [2.05, 4.69) is 25.7 Å². The smallest absolute Gasteiger partial charge is 0.289 e. The fourth-order valence-corrected chi connectivity index (χ4v) is 4.60. The Labute approximate surface area is 169 Å². The summed E-state index contributed by atoms with van der Waals surface area (Å²) in [7, 11) is 0. The Bertz CT molecular complexity index is 947. The van der Waals surface area contributed by atoms with E-state index in [1.807, 2.05) is 24.3 Å². The van der Waals surface area contributed by atoms with Crippen LogP contribution in [-0.4, -0.2) is 48.1 Å². The first-order valence-electron chi connectivity index (χ1n) is 8.91. The number of hydrazine groups is 1. The van der Waals surface area contributed by atoms with Crippen molar-refractivity contribution in [3.63, 3.8) is 0 Å². The molecule has 1 fully saturated rings. The lowest BCUT2D eigenvalue weighted by Crippen LogP contribution is -2.42. The molecule has 2 aromatic heterocycles. The van der Waals surface area contributed by atoms with E-state index < -0.39 is 5.91 Å². The molecule has 10 heteroatoms. The number of fused-ring (bicyclic) bond motifs is 1. The van der Waals surface area contributed by atoms with Crippen LogP contribution in [0.3, 0.4) is 0 Å². The lowest BCUT2D eigenvalue weighted by Gasteiger charge is -2.25. The molecule has 8 nitrogen and oxygen atoms in total. The van der Waals surface area contributed by atoms with Crippen molar-refractivity contribution < 1.29 is 14.3 Å². The van der Waals surface area contributed by atoms with E-state index in [0.29, 0.717) is 19.6 Å². The van der Waals surface area contributed by atoms with Crippen LogP contribution in [0.25, 0.3) is 10.2 Å². The maximum absolute atomic E-state index is 12.2. The number of aromatic nitrogens is 2. The summed E-state index contributed by atoms with van der Waals surface area (Å²) in [5.74, 6) is -0.694. The number of morpholine rings is 1. The average molecular weight is 418 g/mol. The molecule has 4 rings (SSSR count). The fourth-order valence-electron chi connectivity index (χ4n) is 2.77. The second-order valence-corrected chi connectivity index (χ2v) is 8.14. The molecule has 146 valence electrons. The van der Waals surface area contributed by atoms with E-state index in [1.165, 1.54) is 11.3 Å². The summed E-state index contributed by atoms with van der Waals surface area (Å²) in [6, 6.07) is 7.87. The molecule has 0 saturated carbocycles. The van der Waals surface area contributed by atoms with Crippen LogP contribution < -0.4 is 15.8 Å². The third-order valence-electron chi connectivity index (χ3n) is 4.23. The van der Waals surface area contributed by atoms with Crippen molar-refractivity contribution in [2.45, 2.75) is 12.8 Å². The number of nitrogens with one attached hydrogen (secondary N) is 2. The first-order valence-corrected chi connectivity index (χ1v) is 10.6. The summed E-state index contributed by atoms with van der Waals surface area (Å²) in [4.78, 5) is 35.2. The summed E-state index contributed by atoms with van der Waals surface area (Å²) >= 11 is 2.98. The number of hydrogen-bond acceptors (Lipinski definition) is 8. The Morgan fingerprint density at radius 3 is 2.79 bits per heavy atom. The SMILES string of the molecule is O=C(CCc1nc2ccccc2s1)NNC(=O)c1csc(N2CCOCC2)n1. The molecule has 28 heavy (non-hydrogen) atoms. The summed E-state index contributed by atoms with van der Waals surface area (Å²) in [5, 5.41) is 3.38. The van der Waals surface area contributed by atoms with Crippen molar-refractivity contribution >= 4 is 49.8 Å². The van der Waals surface area contributed by atoms with Gasteiger partial charge in [0.05, 0.1) is 28.4 Å². The summed E-state index contributed by atoms with van der Waals surface area (Å²) < 4.78 is 6.42. The predicted molar refractivity (Wildman–Crippen MR) is 109 cm³/mol. The molecule has 0 radical (unpaired) electrons. The lowest BCUT2D eigenvalue weighted by atomic mass is 10.3. The van der Waals surface area contributed by atoms with Gasteiger partial charge in [0.1, 0.15) is 5.69 Å². The van der Waals surface area contributed by atoms with Gasteiger partial charge >= 0.3 is 0 Å². The predicted octanol–water partition coefficient (Wildman–Crippen LogP) is 1.98. The van der Waals surface area contributed by atoms with Crippen LogP contribution in [0.5, 0.6) is 0 Å². The van der Waals surface area contributed by atoms with Crippen molar-refractivity contribution in [1.29, 1.82) is 0 Å². The number of amides is 2. The maximum atomic E-state index is 12.2. The number of carbonyl (C=O) groups is 2. The van der Waals surface area contributed by atoms with Crippen LogP contribution in [0.1, 0.15) is 21.9 Å². The minimum atomic E-state index is -0.427. The Morgan fingerprint density at radius 1 is 1.14 bits per heavy atom. The van der Waals surface area contributed by atoms with Gasteiger partial charge in [-0.3, -0.25) is 20.4 Å². The van der Waals surface area contributed by atoms with E-state index in [1.54, 1.807) is 16.7 Å². The van der Waals surface area contributed by atoms with Crippen LogP contribution in [0.4, 0.5) is 5.13 Å². The highest BCUT2D eigenvalue weighted by atomic mass is 32.1. The first-order chi connectivity index (χ1) is 13.7. The van der Waals surface area contributed by atoms with Crippen LogP contribution in [0.2, 0.25) is 0 Å². The highest BCUT2D eigenvalue weighted by Crippen LogP contribution is 2.23. The van der Waals surface area contributed by atoms with Gasteiger partial charge in [-0.2, -0.15) is 0 Å². The molecule has 2 amide bonds. The number of hydrogen-bond donors (Lipinski definition) is 2. The zero-order valence-electron chi connectivity index (χ0n) is 15.0. The van der Waals surface area contributed by atoms with Crippen molar-refractivity contribution in [2.75, 3.05) is 31.2 Å². The second kappa shape index (κ2) is 8.63. The van der Waals surface area contributed by atoms with E-state index in [4.69, 9.17) is 4.74 Å². The molecule has 0 aliphatic carbocycles. The highest BCUT2D eigenvalue weighted by molar-refractivity contribution is 7.18. The molecule has 1 aliphatic rings. The molecule has 3 heterocycles. The standard InChI is InChI=1S/C18H19N5O3S2/c24-15(5-6-16-19-12-3-1-2-4-14(12)28-16)21-22-17(25)13-11-27-18(20-13)23-7-9-26-10-8-23/h1-4,11H,5-10H2,(H,21,24)(H,22,25). The third kappa shape index (κ3) is 4.46. The molecular weight excluding hydrogens is 398 g/mol. The Kier molecular flexibility index (Phi) is 5.79. The third-order valence-corrected chi connectivity index (χ3v) is 6.22. The molecule has 2 N–H and O–H groups in total. The molecular formula is C18H19N5O3S2. The Balaban J connectivity index is 1.25. The Hall–Kier alpha value is -2.56. The number of nitrogens with zero attached hydrogens (tertiary/aromatic N) is 3. The molecule has 1 aromatic carbocycles. The van der Waals surface area contributed by atoms with E-state index >= 15 is 0 Å². The molecule has 0 atom stereocenters. The molecule has 0 bridgehead atoms. The van der Waals surface area contributed by atoms with E-state index in [9.17, 15) is 9.59 Å². The van der Waals surface area contributed by atoms with Crippen molar-refractivity contribution in [2.24, 2.45) is 0 Å². The molecule has 0 spiro atoms. The van der Waals surface area contributed by atoms with Gasteiger partial charge in [-0.25, -0.2) is 9.97 Å². The monoisotopic (exact) mass is 417 g/mol. The highest BCUT2D eigenvalue weighted by Gasteiger charge is 2.17. The molecule has 1 saturated heterocycles. The minimum absolute atomic E-state index is 0.246. The fraction of sp³-hybridized carbons (Fsp3) is 0.333. The van der Waals surface area contributed by atoms with Gasteiger partial charge in [-0.15, -0.1) is 22.7 Å². The average Bonchev–Trinajstić information content (AvgIpc) is 3.38. The van der Waals surface area contributed by atoms with Gasteiger partial charge in [0.15, 0.2) is 5.13 Å². The number of benzene rings is 1. The van der Waals surface area contributed by atoms with Gasteiger partial charge in [0.25, 0.3) is 5.91 Å². The van der Waals surface area contributed by atoms with Crippen molar-refractivity contribution in [3.05, 3.63) is 40.3 Å². The van der Waals surface area contributed by atoms with Gasteiger partial charge in [0.2, 0.25) is 5.91 Å². The molecule has 1 aliphatic heterocycles. The topological polar surface area (TPSA) is 96.5 Å². The van der Waals surface area contributed by atoms with Crippen LogP contribution in [0, 0.1) is 0 Å². The number of anilines is 1. The summed E-state index contributed by atoms with van der Waals surface area (Å²) in [5.41, 5.74) is 6.10. The maximum Gasteiger partial charge on any atom is 0.289 e. The first kappa shape index (κ1) is 18.8. The number of thiazole rings is 2. The summed E-state index contributed by atoms with van der Waals surface area (Å²) in [6.07, 6.45) is 0.773. The zero-order chi connectivity index (χ0) is 19.3. The van der Waals surface area contributed by atoms with E-state index in [-0.39, 0.29) is 18.0 Å². The summed E-state index contributed by atoms with van der Waals surface area (Å²) in [6.45, 7) is 2.84. The number of ether oxygens (including phenoxy) is 1. The largest absolute Gasteiger partial charge is 0.378 e. The van der Waals surface area contributed by atoms with Crippen LogP contribution in [0.15, 0.2) is 29.6 Å². The zero-order valence-corrected chi connectivity index (χ0v) is 16.6. The Morgan fingerprint density at radius 2 is 1.96 bits per heavy atom. The van der Waals surface area contributed by atoms with Gasteiger partial charge < -0.3 is 9.64 Å². The van der Waals surface area contributed by atoms with Gasteiger partial charge in [0, 0.05) is 31.3 Å². The second-order valence-electron chi connectivity index (χ2n) is 6.19. The number of carbonyl (C=O) groups excluding carboxylic acids is 2.